The quantitative estimate of drug-likeness (QED) is 0.846. The fourth-order valence-corrected chi connectivity index (χ4v) is 2.27. The fraction of sp³-hybridized carbons (Fsp3) is 0.167. The third-order valence-electron chi connectivity index (χ3n) is 2.41. The van der Waals surface area contributed by atoms with Crippen LogP contribution >= 0.6 is 22.9 Å². The Bertz CT molecular complexity index is 542. The minimum Gasteiger partial charge on any atom is -0.398 e. The van der Waals surface area contributed by atoms with E-state index in [1.165, 1.54) is 0 Å². The van der Waals surface area contributed by atoms with E-state index in [1.54, 1.807) is 35.0 Å². The minimum atomic E-state index is -0.195. The van der Waals surface area contributed by atoms with Gasteiger partial charge in [0, 0.05) is 29.1 Å². The molecule has 0 bridgehead atoms. The molecule has 2 aromatic rings. The summed E-state index contributed by atoms with van der Waals surface area (Å²) in [7, 11) is 0. The predicted octanol–water partition coefficient (Wildman–Crippen LogP) is 2.35. The molecule has 2 rings (SSSR count). The highest BCUT2D eigenvalue weighted by Crippen LogP contribution is 2.17. The van der Waals surface area contributed by atoms with E-state index in [4.69, 9.17) is 17.3 Å². The van der Waals surface area contributed by atoms with Crippen molar-refractivity contribution in [2.24, 2.45) is 0 Å². The number of nitrogen functional groups attached to an aromatic ring is 1. The van der Waals surface area contributed by atoms with E-state index in [1.807, 2.05) is 5.38 Å². The van der Waals surface area contributed by atoms with Crippen molar-refractivity contribution in [3.05, 3.63) is 45.4 Å². The molecule has 1 aromatic carbocycles. The van der Waals surface area contributed by atoms with E-state index in [9.17, 15) is 4.79 Å². The Balaban J connectivity index is 1.91. The number of benzene rings is 1. The van der Waals surface area contributed by atoms with Crippen molar-refractivity contribution in [3.8, 4) is 0 Å². The topological polar surface area (TPSA) is 68.0 Å². The number of nitrogens with zero attached hydrogens (tertiary/aromatic N) is 1. The third-order valence-corrected chi connectivity index (χ3v) is 3.28. The number of amides is 1. The summed E-state index contributed by atoms with van der Waals surface area (Å²) in [5.41, 5.74) is 9.31. The lowest BCUT2D eigenvalue weighted by Crippen LogP contribution is -2.26. The lowest BCUT2D eigenvalue weighted by Gasteiger charge is -2.07. The number of hydrogen-bond acceptors (Lipinski definition) is 4. The second-order valence-corrected chi connectivity index (χ2v) is 4.87. The molecule has 4 nitrogen and oxygen atoms in total. The molecule has 3 N–H and O–H groups in total. The van der Waals surface area contributed by atoms with Gasteiger partial charge in [-0.25, -0.2) is 4.98 Å². The van der Waals surface area contributed by atoms with Gasteiger partial charge in [0.25, 0.3) is 5.91 Å². The van der Waals surface area contributed by atoms with E-state index >= 15 is 0 Å². The van der Waals surface area contributed by atoms with Gasteiger partial charge in [-0.2, -0.15) is 0 Å². The Kier molecular flexibility index (Phi) is 4.17. The molecule has 0 saturated heterocycles. The van der Waals surface area contributed by atoms with Gasteiger partial charge in [-0.15, -0.1) is 11.3 Å². The first-order valence-electron chi connectivity index (χ1n) is 5.37. The maximum absolute atomic E-state index is 11.9. The molecule has 18 heavy (non-hydrogen) atoms. The van der Waals surface area contributed by atoms with Crippen LogP contribution in [-0.4, -0.2) is 17.4 Å². The number of hydrogen-bond donors (Lipinski definition) is 2. The number of halogens is 1. The summed E-state index contributed by atoms with van der Waals surface area (Å²) in [6, 6.07) is 4.83. The molecule has 0 aliphatic heterocycles. The lowest BCUT2D eigenvalue weighted by atomic mass is 10.1. The maximum atomic E-state index is 11.9. The Morgan fingerprint density at radius 1 is 1.50 bits per heavy atom. The lowest BCUT2D eigenvalue weighted by molar-refractivity contribution is 0.0955. The Labute approximate surface area is 114 Å². The van der Waals surface area contributed by atoms with Gasteiger partial charge in [-0.3, -0.25) is 4.79 Å². The standard InChI is InChI=1S/C12H12ClN3OS/c13-8-1-2-10(11(14)5-8)12(17)15-4-3-9-6-18-7-16-9/h1-2,5-7H,3-4,14H2,(H,15,17). The van der Waals surface area contributed by atoms with E-state index in [0.717, 1.165) is 5.69 Å². The average molecular weight is 282 g/mol. The van der Waals surface area contributed by atoms with Crippen molar-refractivity contribution in [3.63, 3.8) is 0 Å². The van der Waals surface area contributed by atoms with Gasteiger partial charge in [-0.1, -0.05) is 11.6 Å². The summed E-state index contributed by atoms with van der Waals surface area (Å²) in [4.78, 5) is 16.0. The molecular formula is C12H12ClN3OS. The molecule has 0 aliphatic carbocycles. The van der Waals surface area contributed by atoms with Crippen LogP contribution in [0.3, 0.4) is 0 Å². The van der Waals surface area contributed by atoms with Gasteiger partial charge in [0.05, 0.1) is 16.8 Å². The van der Waals surface area contributed by atoms with Crippen molar-refractivity contribution >= 4 is 34.5 Å². The second-order valence-electron chi connectivity index (χ2n) is 3.72. The van der Waals surface area contributed by atoms with Crippen LogP contribution in [0.25, 0.3) is 0 Å². The molecule has 0 radical (unpaired) electrons. The van der Waals surface area contributed by atoms with Crippen LogP contribution < -0.4 is 11.1 Å². The first-order valence-corrected chi connectivity index (χ1v) is 6.69. The molecule has 1 heterocycles. The highest BCUT2D eigenvalue weighted by molar-refractivity contribution is 7.07. The van der Waals surface area contributed by atoms with Crippen molar-refractivity contribution in [1.29, 1.82) is 0 Å². The summed E-state index contributed by atoms with van der Waals surface area (Å²) in [6.07, 6.45) is 0.711. The zero-order valence-electron chi connectivity index (χ0n) is 9.52. The Morgan fingerprint density at radius 3 is 3.00 bits per heavy atom. The molecular weight excluding hydrogens is 270 g/mol. The zero-order chi connectivity index (χ0) is 13.0. The molecule has 1 aromatic heterocycles. The van der Waals surface area contributed by atoms with Crippen molar-refractivity contribution in [1.82, 2.24) is 10.3 Å². The van der Waals surface area contributed by atoms with Crippen LogP contribution in [0.15, 0.2) is 29.1 Å². The van der Waals surface area contributed by atoms with Gasteiger partial charge < -0.3 is 11.1 Å². The van der Waals surface area contributed by atoms with Gasteiger partial charge in [0.2, 0.25) is 0 Å². The van der Waals surface area contributed by atoms with Crippen LogP contribution in [0.5, 0.6) is 0 Å². The smallest absolute Gasteiger partial charge is 0.253 e. The summed E-state index contributed by atoms with van der Waals surface area (Å²) in [5, 5.41) is 5.28. The van der Waals surface area contributed by atoms with Gasteiger partial charge >= 0.3 is 0 Å². The number of carbonyl (C=O) groups excluding carboxylic acids is 1. The molecule has 0 atom stereocenters. The van der Waals surface area contributed by atoms with Crippen LogP contribution in [0, 0.1) is 0 Å². The highest BCUT2D eigenvalue weighted by atomic mass is 35.5. The Morgan fingerprint density at radius 2 is 2.33 bits per heavy atom. The number of anilines is 1. The van der Waals surface area contributed by atoms with Crippen LogP contribution in [0.2, 0.25) is 5.02 Å². The third kappa shape index (κ3) is 3.21. The van der Waals surface area contributed by atoms with Gasteiger partial charge in [0.15, 0.2) is 0 Å². The molecule has 0 aliphatic rings. The van der Waals surface area contributed by atoms with Gasteiger partial charge in [-0.05, 0) is 18.2 Å². The summed E-state index contributed by atoms with van der Waals surface area (Å²) in [5.74, 6) is -0.195. The normalized spacial score (nSPS) is 10.3. The fourth-order valence-electron chi connectivity index (χ4n) is 1.50. The van der Waals surface area contributed by atoms with E-state index in [2.05, 4.69) is 10.3 Å². The zero-order valence-corrected chi connectivity index (χ0v) is 11.1. The maximum Gasteiger partial charge on any atom is 0.253 e. The van der Waals surface area contributed by atoms with Crippen LogP contribution in [0.4, 0.5) is 5.69 Å². The SMILES string of the molecule is Nc1cc(Cl)ccc1C(=O)NCCc1cscn1. The number of nitrogens with one attached hydrogen (secondary N) is 1. The van der Waals surface area contributed by atoms with Crippen molar-refractivity contribution in [2.45, 2.75) is 6.42 Å². The second kappa shape index (κ2) is 5.84. The summed E-state index contributed by atoms with van der Waals surface area (Å²) < 4.78 is 0. The molecule has 94 valence electrons. The Hall–Kier alpha value is -1.59. The number of thiazole rings is 1. The molecule has 0 fully saturated rings. The van der Waals surface area contributed by atoms with Crippen molar-refractivity contribution in [2.75, 3.05) is 12.3 Å². The predicted molar refractivity (Wildman–Crippen MR) is 74.0 cm³/mol. The van der Waals surface area contributed by atoms with Crippen molar-refractivity contribution < 1.29 is 4.79 Å². The number of rotatable bonds is 4. The van der Waals surface area contributed by atoms with E-state index < -0.39 is 0 Å². The average Bonchev–Trinajstić information content (AvgIpc) is 2.81. The molecule has 6 heteroatoms. The molecule has 1 amide bonds. The van der Waals surface area contributed by atoms with E-state index in [-0.39, 0.29) is 5.91 Å². The van der Waals surface area contributed by atoms with Gasteiger partial charge in [0.1, 0.15) is 0 Å². The number of aromatic nitrogens is 1. The molecule has 0 spiro atoms. The highest BCUT2D eigenvalue weighted by Gasteiger charge is 2.09. The minimum absolute atomic E-state index is 0.195. The van der Waals surface area contributed by atoms with Crippen LogP contribution in [-0.2, 0) is 6.42 Å². The van der Waals surface area contributed by atoms with Crippen LogP contribution in [0.1, 0.15) is 16.1 Å². The number of nitrogens with two attached hydrogens (primary N) is 1. The van der Waals surface area contributed by atoms with E-state index in [0.29, 0.717) is 29.2 Å². The molecule has 0 saturated carbocycles. The monoisotopic (exact) mass is 281 g/mol. The molecule has 0 unspecified atom stereocenters. The first kappa shape index (κ1) is 12.9. The number of carbonyl (C=O) groups is 1. The summed E-state index contributed by atoms with van der Waals surface area (Å²) >= 11 is 7.32. The first-order chi connectivity index (χ1) is 8.66. The largest absolute Gasteiger partial charge is 0.398 e. The summed E-state index contributed by atoms with van der Waals surface area (Å²) in [6.45, 7) is 0.532.